The number of ether oxygens (including phenoxy) is 1. The van der Waals surface area contributed by atoms with Gasteiger partial charge in [0.15, 0.2) is 0 Å². The third-order valence-electron chi connectivity index (χ3n) is 7.73. The fourth-order valence-electron chi connectivity index (χ4n) is 6.04. The molecule has 7 nitrogen and oxygen atoms in total. The summed E-state index contributed by atoms with van der Waals surface area (Å²) < 4.78 is 21.9. The van der Waals surface area contributed by atoms with Crippen LogP contribution in [-0.2, 0) is 29.1 Å². The topological polar surface area (TPSA) is 99.2 Å². The number of rotatable bonds is 4. The molecule has 0 radical (unpaired) electrons. The normalized spacial score (nSPS) is 20.2. The van der Waals surface area contributed by atoms with Crippen LogP contribution in [0.15, 0.2) is 16.9 Å². The average molecular weight is 463 g/mol. The van der Waals surface area contributed by atoms with Crippen LogP contribution >= 0.6 is 0 Å². The number of cyclic esters (lactones) is 1. The van der Waals surface area contributed by atoms with Crippen LogP contribution in [0.4, 0.5) is 4.39 Å². The number of pyridine rings is 2. The predicted octanol–water partition coefficient (Wildman–Crippen LogP) is 2.96. The molecule has 0 spiro atoms. The molecule has 0 fully saturated rings. The quantitative estimate of drug-likeness (QED) is 0.453. The Morgan fingerprint density at radius 2 is 2.09 bits per heavy atom. The summed E-state index contributed by atoms with van der Waals surface area (Å²) in [6.07, 6.45) is 2.14. The molecule has 176 valence electrons. The summed E-state index contributed by atoms with van der Waals surface area (Å²) in [4.78, 5) is 30.8. The van der Waals surface area contributed by atoms with E-state index in [1.54, 1.807) is 4.57 Å². The largest absolute Gasteiger partial charge is 0.460 e. The first-order valence-corrected chi connectivity index (χ1v) is 12.0. The number of hydrogen-bond acceptors (Lipinski definition) is 6. The molecule has 3 N–H and O–H groups in total. The summed E-state index contributed by atoms with van der Waals surface area (Å²) >= 11 is 0. The number of esters is 1. The maximum Gasteiger partial charge on any atom is 0.313 e. The average Bonchev–Trinajstić information content (AvgIpc) is 3.20. The van der Waals surface area contributed by atoms with Gasteiger partial charge in [0.2, 0.25) is 0 Å². The highest BCUT2D eigenvalue weighted by Gasteiger charge is 2.37. The lowest BCUT2D eigenvalue weighted by Crippen LogP contribution is -2.32. The lowest BCUT2D eigenvalue weighted by molar-refractivity contribution is -0.148. The number of carbonyl (C=O) groups excluding carboxylic acids is 1. The van der Waals surface area contributed by atoms with Crippen LogP contribution in [-0.4, -0.2) is 28.6 Å². The van der Waals surface area contributed by atoms with Crippen molar-refractivity contribution in [1.82, 2.24) is 14.9 Å². The molecule has 0 amide bonds. The van der Waals surface area contributed by atoms with Crippen LogP contribution in [0.1, 0.15) is 65.1 Å². The molecule has 2 unspecified atom stereocenters. The van der Waals surface area contributed by atoms with Crippen molar-refractivity contribution < 1.29 is 13.9 Å². The van der Waals surface area contributed by atoms with Crippen molar-refractivity contribution in [3.05, 3.63) is 61.7 Å². The number of benzene rings is 1. The van der Waals surface area contributed by atoms with Crippen molar-refractivity contribution in [3.63, 3.8) is 0 Å². The predicted molar refractivity (Wildman–Crippen MR) is 126 cm³/mol. The minimum absolute atomic E-state index is 0.00236. The zero-order chi connectivity index (χ0) is 23.7. The smallest absolute Gasteiger partial charge is 0.313 e. The number of nitrogens with two attached hydrogens (primary N) is 1. The summed E-state index contributed by atoms with van der Waals surface area (Å²) in [6, 6.07) is 3.49. The summed E-state index contributed by atoms with van der Waals surface area (Å²) in [7, 11) is 0. The lowest BCUT2D eigenvalue weighted by Gasteiger charge is -2.29. The monoisotopic (exact) mass is 462 g/mol. The first-order valence-electron chi connectivity index (χ1n) is 12.0. The molecule has 34 heavy (non-hydrogen) atoms. The third kappa shape index (κ3) is 2.85. The fourth-order valence-corrected chi connectivity index (χ4v) is 6.04. The minimum atomic E-state index is -0.462. The first kappa shape index (κ1) is 21.4. The highest BCUT2D eigenvalue weighted by molar-refractivity contribution is 5.93. The van der Waals surface area contributed by atoms with Crippen LogP contribution in [0.25, 0.3) is 22.3 Å². The molecule has 3 aromatic rings. The van der Waals surface area contributed by atoms with Crippen LogP contribution < -0.4 is 16.6 Å². The molecular formula is C26H27FN4O3. The van der Waals surface area contributed by atoms with Crippen molar-refractivity contribution in [1.29, 1.82) is 0 Å². The number of aryl methyl sites for hydroxylation is 1. The Morgan fingerprint density at radius 1 is 1.26 bits per heavy atom. The van der Waals surface area contributed by atoms with Crippen LogP contribution in [0, 0.1) is 12.7 Å². The number of nitrogens with zero attached hydrogens (tertiary/aromatic N) is 2. The SMILES string of the molecule is CCC1C(=O)OCc2c1cc1n(c2=O)Cc2c-1nc1cc(F)c(C)c3c1c2C(NCCN)CC3. The van der Waals surface area contributed by atoms with E-state index in [0.29, 0.717) is 54.1 Å². The van der Waals surface area contributed by atoms with Crippen LogP contribution in [0.3, 0.4) is 0 Å². The van der Waals surface area contributed by atoms with Crippen molar-refractivity contribution in [2.45, 2.75) is 58.2 Å². The summed E-state index contributed by atoms with van der Waals surface area (Å²) in [5, 5.41) is 4.55. The van der Waals surface area contributed by atoms with E-state index in [9.17, 15) is 14.0 Å². The van der Waals surface area contributed by atoms with E-state index in [-0.39, 0.29) is 30.0 Å². The lowest BCUT2D eigenvalue weighted by atomic mass is 9.81. The van der Waals surface area contributed by atoms with Gasteiger partial charge >= 0.3 is 5.97 Å². The Hall–Kier alpha value is -3.10. The van der Waals surface area contributed by atoms with E-state index in [4.69, 9.17) is 15.5 Å². The van der Waals surface area contributed by atoms with Gasteiger partial charge in [0.1, 0.15) is 12.4 Å². The number of nitrogens with one attached hydrogen (secondary N) is 1. The molecule has 0 bridgehead atoms. The Balaban J connectivity index is 1.65. The Bertz CT molecular complexity index is 1440. The number of carbonyl (C=O) groups is 1. The zero-order valence-electron chi connectivity index (χ0n) is 19.3. The minimum Gasteiger partial charge on any atom is -0.460 e. The Kier molecular flexibility index (Phi) is 4.86. The van der Waals surface area contributed by atoms with E-state index >= 15 is 0 Å². The molecular weight excluding hydrogens is 435 g/mol. The second-order valence-corrected chi connectivity index (χ2v) is 9.47. The molecule has 3 aliphatic rings. The molecule has 0 saturated carbocycles. The second-order valence-electron chi connectivity index (χ2n) is 9.47. The number of halogens is 1. The second kappa shape index (κ2) is 7.71. The highest BCUT2D eigenvalue weighted by Crippen LogP contribution is 2.45. The molecule has 6 rings (SSSR count). The Labute approximate surface area is 196 Å². The van der Waals surface area contributed by atoms with Gasteiger partial charge in [0.25, 0.3) is 5.56 Å². The summed E-state index contributed by atoms with van der Waals surface area (Å²) in [5.41, 5.74) is 12.7. The van der Waals surface area contributed by atoms with Gasteiger partial charge in [-0.2, -0.15) is 0 Å². The molecule has 0 saturated heterocycles. The number of hydrogen-bond donors (Lipinski definition) is 2. The maximum atomic E-state index is 14.8. The number of aromatic nitrogens is 2. The van der Waals surface area contributed by atoms with E-state index in [1.165, 1.54) is 6.07 Å². The first-order chi connectivity index (χ1) is 16.4. The van der Waals surface area contributed by atoms with Gasteiger partial charge in [-0.3, -0.25) is 9.59 Å². The standard InChI is InChI=1S/C26H27FN4O3/c1-3-13-15-8-21-24-16(10-31(21)25(32)17(15)11-34-26(13)33)23-19(29-7-6-28)5-4-14-12(2)18(27)9-20(30-24)22(14)23/h8-9,13,19,29H,3-7,10-11,28H2,1-2H3. The zero-order valence-corrected chi connectivity index (χ0v) is 19.3. The van der Waals surface area contributed by atoms with Crippen molar-refractivity contribution >= 4 is 16.9 Å². The third-order valence-corrected chi connectivity index (χ3v) is 7.73. The van der Waals surface area contributed by atoms with Gasteiger partial charge in [-0.25, -0.2) is 9.37 Å². The van der Waals surface area contributed by atoms with E-state index in [2.05, 4.69) is 5.32 Å². The molecule has 2 atom stereocenters. The van der Waals surface area contributed by atoms with Crippen molar-refractivity contribution in [2.75, 3.05) is 13.1 Å². The van der Waals surface area contributed by atoms with E-state index in [0.717, 1.165) is 40.5 Å². The van der Waals surface area contributed by atoms with Gasteiger partial charge < -0.3 is 20.4 Å². The molecule has 2 aliphatic heterocycles. The highest BCUT2D eigenvalue weighted by atomic mass is 19.1. The van der Waals surface area contributed by atoms with E-state index in [1.807, 2.05) is 19.9 Å². The molecule has 4 heterocycles. The van der Waals surface area contributed by atoms with E-state index < -0.39 is 5.92 Å². The van der Waals surface area contributed by atoms with Crippen LogP contribution in [0.2, 0.25) is 0 Å². The maximum absolute atomic E-state index is 14.8. The van der Waals surface area contributed by atoms with Gasteiger partial charge in [-0.05, 0) is 54.5 Å². The van der Waals surface area contributed by atoms with Crippen molar-refractivity contribution in [2.24, 2.45) is 5.73 Å². The van der Waals surface area contributed by atoms with Gasteiger partial charge in [0.05, 0.1) is 34.9 Å². The van der Waals surface area contributed by atoms with Gasteiger partial charge in [-0.1, -0.05) is 6.92 Å². The summed E-state index contributed by atoms with van der Waals surface area (Å²) in [6.45, 7) is 5.31. The summed E-state index contributed by atoms with van der Waals surface area (Å²) in [5.74, 6) is -1.02. The molecule has 1 aliphatic carbocycles. The Morgan fingerprint density at radius 3 is 2.85 bits per heavy atom. The van der Waals surface area contributed by atoms with Gasteiger partial charge in [-0.15, -0.1) is 0 Å². The van der Waals surface area contributed by atoms with Gasteiger partial charge in [0, 0.05) is 36.1 Å². The number of fused-ring (bicyclic) bond motifs is 5. The molecule has 2 aromatic heterocycles. The fraction of sp³-hybridized carbons (Fsp3) is 0.423. The molecule has 8 heteroatoms. The molecule has 1 aromatic carbocycles. The van der Waals surface area contributed by atoms with Crippen LogP contribution in [0.5, 0.6) is 0 Å². The van der Waals surface area contributed by atoms with Crippen molar-refractivity contribution in [3.8, 4) is 11.4 Å².